The van der Waals surface area contributed by atoms with Crippen LogP contribution in [0, 0.1) is 18.7 Å². The zero-order valence-electron chi connectivity index (χ0n) is 21.8. The molecule has 8 nitrogen and oxygen atoms in total. The fourth-order valence-electron chi connectivity index (χ4n) is 5.34. The van der Waals surface area contributed by atoms with Gasteiger partial charge in [0.1, 0.15) is 23.3 Å². The lowest BCUT2D eigenvalue weighted by molar-refractivity contribution is -0.134. The number of carbonyl (C=O) groups is 2. The minimum atomic E-state index is -1.23. The second-order valence-corrected chi connectivity index (χ2v) is 10.6. The number of carbonyl (C=O) groups excluding carboxylic acids is 2. The van der Waals surface area contributed by atoms with Crippen LogP contribution in [-0.2, 0) is 15.1 Å². The van der Waals surface area contributed by atoms with Crippen LogP contribution >= 0.6 is 0 Å². The van der Waals surface area contributed by atoms with Crippen molar-refractivity contribution in [1.29, 1.82) is 0 Å². The van der Waals surface area contributed by atoms with E-state index in [0.717, 1.165) is 0 Å². The Balaban J connectivity index is 1.43. The number of halogens is 1. The fraction of sp³-hybridized carbons (Fsp3) is 0.379. The number of aliphatic hydroxyl groups is 1. The first-order chi connectivity index (χ1) is 18.1. The lowest BCUT2D eigenvalue weighted by Gasteiger charge is -2.29. The van der Waals surface area contributed by atoms with Crippen LogP contribution in [0.1, 0.15) is 50.1 Å². The Kier molecular flexibility index (Phi) is 6.65. The van der Waals surface area contributed by atoms with E-state index in [1.165, 1.54) is 6.07 Å². The number of β-amino-alcohol motifs (C(OH)–C–C–N with tert-alkyl or cyclic N) is 1. The second-order valence-electron chi connectivity index (χ2n) is 10.6. The molecule has 4 atom stereocenters. The van der Waals surface area contributed by atoms with Crippen molar-refractivity contribution >= 4 is 17.6 Å². The SMILES string of the molecule is Cc1cc([C@H](C(=O)N2C[C@H](O)C[C@@H]2C2=N[C@@](C)(c3ccc(-c4ccccc4F)cc3)C(=O)N2)C(C)C)on1. The molecule has 1 fully saturated rings. The van der Waals surface area contributed by atoms with E-state index in [9.17, 15) is 19.1 Å². The van der Waals surface area contributed by atoms with Crippen LogP contribution in [0.15, 0.2) is 64.1 Å². The minimum Gasteiger partial charge on any atom is -0.391 e. The Morgan fingerprint density at radius 1 is 1.21 bits per heavy atom. The van der Waals surface area contributed by atoms with E-state index >= 15 is 0 Å². The van der Waals surface area contributed by atoms with Crippen molar-refractivity contribution in [3.63, 3.8) is 0 Å². The largest absolute Gasteiger partial charge is 0.391 e. The molecule has 2 aliphatic heterocycles. The first-order valence-corrected chi connectivity index (χ1v) is 12.8. The predicted molar refractivity (Wildman–Crippen MR) is 140 cm³/mol. The highest BCUT2D eigenvalue weighted by molar-refractivity contribution is 6.11. The maximum Gasteiger partial charge on any atom is 0.257 e. The first kappa shape index (κ1) is 25.8. The van der Waals surface area contributed by atoms with Crippen molar-refractivity contribution in [2.75, 3.05) is 6.54 Å². The van der Waals surface area contributed by atoms with Crippen LogP contribution in [0.3, 0.4) is 0 Å². The molecule has 2 aromatic carbocycles. The normalized spacial score (nSPS) is 24.0. The summed E-state index contributed by atoms with van der Waals surface area (Å²) in [6, 6.07) is 14.7. The summed E-state index contributed by atoms with van der Waals surface area (Å²) in [7, 11) is 0. The molecule has 5 rings (SSSR count). The molecule has 1 saturated heterocycles. The molecule has 198 valence electrons. The van der Waals surface area contributed by atoms with Gasteiger partial charge in [-0.1, -0.05) is 61.5 Å². The number of rotatable bonds is 6. The van der Waals surface area contributed by atoms with E-state index < -0.39 is 23.6 Å². The van der Waals surface area contributed by atoms with E-state index in [0.29, 0.717) is 34.0 Å². The van der Waals surface area contributed by atoms with Crippen molar-refractivity contribution in [3.8, 4) is 11.1 Å². The Hall–Kier alpha value is -3.85. The van der Waals surface area contributed by atoms with Gasteiger partial charge in [0.05, 0.1) is 17.8 Å². The van der Waals surface area contributed by atoms with E-state index in [1.54, 1.807) is 67.3 Å². The summed E-state index contributed by atoms with van der Waals surface area (Å²) in [5.41, 5.74) is 1.25. The molecule has 1 aromatic heterocycles. The van der Waals surface area contributed by atoms with Crippen molar-refractivity contribution in [1.82, 2.24) is 15.4 Å². The van der Waals surface area contributed by atoms with Gasteiger partial charge >= 0.3 is 0 Å². The molecule has 9 heteroatoms. The highest BCUT2D eigenvalue weighted by Crippen LogP contribution is 2.36. The lowest BCUT2D eigenvalue weighted by atomic mass is 9.91. The molecule has 0 saturated carbocycles. The van der Waals surface area contributed by atoms with Crippen molar-refractivity contribution in [3.05, 3.63) is 77.4 Å². The van der Waals surface area contributed by atoms with Crippen molar-refractivity contribution in [2.45, 2.75) is 57.7 Å². The summed E-state index contributed by atoms with van der Waals surface area (Å²) in [6.07, 6.45) is -0.493. The number of hydrogen-bond acceptors (Lipinski definition) is 6. The number of benzene rings is 2. The molecular formula is C29H31FN4O4. The maximum absolute atomic E-state index is 14.2. The van der Waals surface area contributed by atoms with Crippen molar-refractivity contribution < 1.29 is 23.6 Å². The van der Waals surface area contributed by atoms with Crippen LogP contribution < -0.4 is 5.32 Å². The molecule has 0 bridgehead atoms. The van der Waals surface area contributed by atoms with Gasteiger partial charge in [-0.05, 0) is 37.0 Å². The van der Waals surface area contributed by atoms with E-state index in [4.69, 9.17) is 9.52 Å². The number of amides is 2. The molecule has 2 N–H and O–H groups in total. The zero-order valence-corrected chi connectivity index (χ0v) is 21.8. The van der Waals surface area contributed by atoms with E-state index in [2.05, 4.69) is 10.5 Å². The molecule has 0 radical (unpaired) electrons. The number of aliphatic imine (C=N–C) groups is 1. The molecule has 3 heterocycles. The number of hydrogen-bond donors (Lipinski definition) is 2. The monoisotopic (exact) mass is 518 g/mol. The molecule has 0 spiro atoms. The Bertz CT molecular complexity index is 1400. The number of likely N-dealkylation sites (tertiary alicyclic amines) is 1. The summed E-state index contributed by atoms with van der Waals surface area (Å²) in [5.74, 6) is -0.707. The van der Waals surface area contributed by atoms with Gasteiger partial charge < -0.3 is 19.8 Å². The van der Waals surface area contributed by atoms with Gasteiger partial charge in [0.25, 0.3) is 5.91 Å². The molecule has 2 aliphatic rings. The van der Waals surface area contributed by atoms with Gasteiger partial charge in [0.2, 0.25) is 5.91 Å². The quantitative estimate of drug-likeness (QED) is 0.514. The van der Waals surface area contributed by atoms with Gasteiger partial charge in [-0.2, -0.15) is 0 Å². The highest BCUT2D eigenvalue weighted by Gasteiger charge is 2.48. The Morgan fingerprint density at radius 3 is 2.55 bits per heavy atom. The van der Waals surface area contributed by atoms with Crippen LogP contribution in [0.2, 0.25) is 0 Å². The van der Waals surface area contributed by atoms with Gasteiger partial charge in [-0.15, -0.1) is 0 Å². The molecule has 0 aliphatic carbocycles. The summed E-state index contributed by atoms with van der Waals surface area (Å²) in [4.78, 5) is 33.3. The topological polar surface area (TPSA) is 108 Å². The summed E-state index contributed by atoms with van der Waals surface area (Å²) in [5, 5.41) is 17.3. The fourth-order valence-corrected chi connectivity index (χ4v) is 5.34. The van der Waals surface area contributed by atoms with Gasteiger partial charge in [0, 0.05) is 24.6 Å². The molecule has 3 aromatic rings. The molecule has 38 heavy (non-hydrogen) atoms. The third-order valence-corrected chi connectivity index (χ3v) is 7.42. The van der Waals surface area contributed by atoms with Gasteiger partial charge in [-0.3, -0.25) is 9.59 Å². The summed E-state index contributed by atoms with van der Waals surface area (Å²) < 4.78 is 19.7. The Morgan fingerprint density at radius 2 is 1.92 bits per heavy atom. The molecule has 0 unspecified atom stereocenters. The molecular weight excluding hydrogens is 487 g/mol. The predicted octanol–water partition coefficient (Wildman–Crippen LogP) is 3.93. The first-order valence-electron chi connectivity index (χ1n) is 12.8. The number of aliphatic hydroxyl groups excluding tert-OH is 1. The average molecular weight is 519 g/mol. The van der Waals surface area contributed by atoms with E-state index in [1.807, 2.05) is 13.8 Å². The van der Waals surface area contributed by atoms with E-state index in [-0.39, 0.29) is 36.5 Å². The summed E-state index contributed by atoms with van der Waals surface area (Å²) in [6.45, 7) is 7.49. The van der Waals surface area contributed by atoms with Crippen LogP contribution in [-0.4, -0.2) is 51.5 Å². The Labute approximate surface area is 220 Å². The number of aromatic nitrogens is 1. The van der Waals surface area contributed by atoms with Crippen LogP contribution in [0.4, 0.5) is 4.39 Å². The third kappa shape index (κ3) is 4.51. The lowest BCUT2D eigenvalue weighted by Crippen LogP contribution is -2.48. The smallest absolute Gasteiger partial charge is 0.257 e. The maximum atomic E-state index is 14.2. The van der Waals surface area contributed by atoms with Crippen molar-refractivity contribution in [2.24, 2.45) is 10.9 Å². The number of amidine groups is 1. The molecule has 2 amide bonds. The summed E-state index contributed by atoms with van der Waals surface area (Å²) >= 11 is 0. The number of nitrogens with zero attached hydrogens (tertiary/aromatic N) is 3. The average Bonchev–Trinajstić information content (AvgIpc) is 3.57. The van der Waals surface area contributed by atoms with Crippen LogP contribution in [0.5, 0.6) is 0 Å². The van der Waals surface area contributed by atoms with Crippen LogP contribution in [0.25, 0.3) is 11.1 Å². The number of nitrogens with one attached hydrogen (secondary N) is 1. The number of aryl methyl sites for hydroxylation is 1. The minimum absolute atomic E-state index is 0.0772. The van der Waals surface area contributed by atoms with Gasteiger partial charge in [-0.25, -0.2) is 9.38 Å². The second kappa shape index (κ2) is 9.79. The highest BCUT2D eigenvalue weighted by atomic mass is 19.1. The third-order valence-electron chi connectivity index (χ3n) is 7.42. The standard InChI is InChI=1S/C29H31FN4O4/c1-16(2)25(24-13-17(3)33-38-24)27(36)34-15-20(35)14-23(34)26-31-28(37)29(4,32-26)19-11-9-18(10-12-19)21-7-5-6-8-22(21)30/h5-13,16,20,23,25,35H,14-15H2,1-4H3,(H,31,32,37)/t20-,23-,25-,29+/m1/s1. The van der Waals surface area contributed by atoms with Gasteiger partial charge in [0.15, 0.2) is 5.54 Å². The zero-order chi connectivity index (χ0) is 27.2.